The van der Waals surface area contributed by atoms with E-state index in [1.165, 1.54) is 0 Å². The van der Waals surface area contributed by atoms with Crippen LogP contribution in [0.15, 0.2) is 30.3 Å². The topological polar surface area (TPSA) is 46.6 Å². The van der Waals surface area contributed by atoms with E-state index in [1.807, 2.05) is 18.2 Å². The van der Waals surface area contributed by atoms with Crippen LogP contribution < -0.4 is 0 Å². The molecule has 4 nitrogen and oxygen atoms in total. The molecule has 0 N–H and O–H groups in total. The SMILES string of the molecule is O=CN(Cc1ccccc1)C(=O)OCl. The van der Waals surface area contributed by atoms with Gasteiger partial charge in [-0.2, -0.15) is 0 Å². The average molecular weight is 214 g/mol. The van der Waals surface area contributed by atoms with Crippen LogP contribution in [0.5, 0.6) is 0 Å². The van der Waals surface area contributed by atoms with Crippen molar-refractivity contribution in [3.63, 3.8) is 0 Å². The molecule has 0 aliphatic heterocycles. The van der Waals surface area contributed by atoms with Gasteiger partial charge in [-0.15, -0.1) is 0 Å². The average Bonchev–Trinajstić information content (AvgIpc) is 2.26. The van der Waals surface area contributed by atoms with Gasteiger partial charge in [0.15, 0.2) is 0 Å². The summed E-state index contributed by atoms with van der Waals surface area (Å²) < 4.78 is 3.90. The van der Waals surface area contributed by atoms with Crippen LogP contribution in [0, 0.1) is 0 Å². The van der Waals surface area contributed by atoms with Crippen molar-refractivity contribution in [2.45, 2.75) is 6.54 Å². The highest BCUT2D eigenvalue weighted by Gasteiger charge is 2.13. The molecule has 0 bridgehead atoms. The highest BCUT2D eigenvalue weighted by molar-refractivity contribution is 6.13. The Morgan fingerprint density at radius 2 is 2.07 bits per heavy atom. The molecule has 0 saturated carbocycles. The van der Waals surface area contributed by atoms with E-state index >= 15 is 0 Å². The summed E-state index contributed by atoms with van der Waals surface area (Å²) in [5, 5.41) is 0. The minimum atomic E-state index is -0.884. The van der Waals surface area contributed by atoms with Crippen LogP contribution >= 0.6 is 11.9 Å². The molecular weight excluding hydrogens is 206 g/mol. The predicted molar refractivity (Wildman–Crippen MR) is 50.4 cm³/mol. The summed E-state index contributed by atoms with van der Waals surface area (Å²) in [5.74, 6) is 0. The van der Waals surface area contributed by atoms with Crippen LogP contribution in [0.25, 0.3) is 0 Å². The largest absolute Gasteiger partial charge is 0.434 e. The molecular formula is C9H8ClNO3. The van der Waals surface area contributed by atoms with Crippen LogP contribution in [0.3, 0.4) is 0 Å². The lowest BCUT2D eigenvalue weighted by molar-refractivity contribution is -0.116. The zero-order valence-electron chi connectivity index (χ0n) is 7.22. The van der Waals surface area contributed by atoms with Gasteiger partial charge in [-0.25, -0.2) is 9.69 Å². The third-order valence-electron chi connectivity index (χ3n) is 1.62. The Bertz CT molecular complexity index is 315. The second-order valence-corrected chi connectivity index (χ2v) is 2.72. The van der Waals surface area contributed by atoms with E-state index in [0.717, 1.165) is 10.5 Å². The van der Waals surface area contributed by atoms with Crippen molar-refractivity contribution in [2.24, 2.45) is 0 Å². The first-order valence-corrected chi connectivity index (χ1v) is 4.17. The van der Waals surface area contributed by atoms with Crippen molar-refractivity contribution in [1.82, 2.24) is 4.90 Å². The van der Waals surface area contributed by atoms with E-state index in [2.05, 4.69) is 4.29 Å². The number of imide groups is 1. The summed E-state index contributed by atoms with van der Waals surface area (Å²) in [6.45, 7) is 0.149. The maximum atomic E-state index is 10.9. The Morgan fingerprint density at radius 1 is 1.43 bits per heavy atom. The van der Waals surface area contributed by atoms with E-state index in [0.29, 0.717) is 6.41 Å². The number of carbonyl (C=O) groups excluding carboxylic acids is 2. The Labute approximate surface area is 86.2 Å². The van der Waals surface area contributed by atoms with Crippen molar-refractivity contribution in [3.8, 4) is 0 Å². The number of hydrogen-bond acceptors (Lipinski definition) is 3. The fraction of sp³-hybridized carbons (Fsp3) is 0.111. The van der Waals surface area contributed by atoms with Crippen LogP contribution in [0.2, 0.25) is 0 Å². The molecule has 0 saturated heterocycles. The van der Waals surface area contributed by atoms with Gasteiger partial charge in [-0.05, 0) is 5.56 Å². The van der Waals surface area contributed by atoms with Gasteiger partial charge in [0.25, 0.3) is 0 Å². The first-order chi connectivity index (χ1) is 6.77. The predicted octanol–water partition coefficient (Wildman–Crippen LogP) is 1.94. The zero-order chi connectivity index (χ0) is 10.4. The third-order valence-corrected chi connectivity index (χ3v) is 1.76. The molecule has 0 aliphatic rings. The van der Waals surface area contributed by atoms with Gasteiger partial charge in [0.05, 0.1) is 6.54 Å². The maximum absolute atomic E-state index is 10.9. The van der Waals surface area contributed by atoms with E-state index in [-0.39, 0.29) is 6.54 Å². The summed E-state index contributed by atoms with van der Waals surface area (Å²) in [6.07, 6.45) is -0.511. The number of rotatable bonds is 3. The molecule has 0 aromatic heterocycles. The Morgan fingerprint density at radius 3 is 2.57 bits per heavy atom. The lowest BCUT2D eigenvalue weighted by Gasteiger charge is -2.11. The quantitative estimate of drug-likeness (QED) is 0.721. The number of nitrogens with zero attached hydrogens (tertiary/aromatic N) is 1. The number of halogens is 1. The van der Waals surface area contributed by atoms with E-state index in [1.54, 1.807) is 12.1 Å². The Hall–Kier alpha value is -1.55. The first kappa shape index (κ1) is 10.5. The number of amides is 2. The molecule has 0 spiro atoms. The maximum Gasteiger partial charge on any atom is 0.434 e. The molecule has 1 aromatic rings. The lowest BCUT2D eigenvalue weighted by atomic mass is 10.2. The molecule has 2 amide bonds. The van der Waals surface area contributed by atoms with Crippen LogP contribution in [-0.2, 0) is 15.6 Å². The van der Waals surface area contributed by atoms with Gasteiger partial charge in [0.1, 0.15) is 11.9 Å². The molecule has 14 heavy (non-hydrogen) atoms. The molecule has 1 aromatic carbocycles. The minimum absolute atomic E-state index is 0.149. The molecule has 0 atom stereocenters. The molecule has 0 heterocycles. The van der Waals surface area contributed by atoms with Gasteiger partial charge in [0, 0.05) is 0 Å². The Kier molecular flexibility index (Phi) is 3.94. The van der Waals surface area contributed by atoms with Gasteiger partial charge >= 0.3 is 6.09 Å². The lowest BCUT2D eigenvalue weighted by Crippen LogP contribution is -2.27. The van der Waals surface area contributed by atoms with Gasteiger partial charge in [0.2, 0.25) is 6.41 Å². The zero-order valence-corrected chi connectivity index (χ0v) is 7.98. The fourth-order valence-electron chi connectivity index (χ4n) is 0.969. The number of hydrogen-bond donors (Lipinski definition) is 0. The summed E-state index contributed by atoms with van der Waals surface area (Å²) in [4.78, 5) is 22.2. The van der Waals surface area contributed by atoms with E-state index < -0.39 is 6.09 Å². The van der Waals surface area contributed by atoms with E-state index in [4.69, 9.17) is 11.9 Å². The summed E-state index contributed by atoms with van der Waals surface area (Å²) in [6, 6.07) is 9.04. The molecule has 1 rings (SSSR count). The second-order valence-electron chi connectivity index (χ2n) is 2.56. The number of carbonyl (C=O) groups is 2. The van der Waals surface area contributed by atoms with Crippen molar-refractivity contribution < 1.29 is 13.9 Å². The smallest absolute Gasteiger partial charge is 0.330 e. The molecule has 0 aliphatic carbocycles. The molecule has 74 valence electrons. The van der Waals surface area contributed by atoms with Crippen LogP contribution in [0.4, 0.5) is 4.79 Å². The molecule has 0 unspecified atom stereocenters. The number of benzene rings is 1. The van der Waals surface area contributed by atoms with Gasteiger partial charge < -0.3 is 4.29 Å². The summed E-state index contributed by atoms with van der Waals surface area (Å²) in [5.41, 5.74) is 0.821. The Balaban J connectivity index is 2.66. The summed E-state index contributed by atoms with van der Waals surface area (Å²) >= 11 is 4.84. The normalized spacial score (nSPS) is 9.21. The third kappa shape index (κ3) is 2.74. The van der Waals surface area contributed by atoms with Gasteiger partial charge in [-0.3, -0.25) is 4.79 Å². The highest BCUT2D eigenvalue weighted by atomic mass is 35.5. The van der Waals surface area contributed by atoms with Crippen molar-refractivity contribution in [3.05, 3.63) is 35.9 Å². The van der Waals surface area contributed by atoms with Gasteiger partial charge in [-0.1, -0.05) is 30.3 Å². The summed E-state index contributed by atoms with van der Waals surface area (Å²) in [7, 11) is 0. The van der Waals surface area contributed by atoms with Crippen LogP contribution in [-0.4, -0.2) is 17.4 Å². The standard InChI is InChI=1S/C9H8ClNO3/c10-14-9(13)11(7-12)6-8-4-2-1-3-5-8/h1-5,7H,6H2. The van der Waals surface area contributed by atoms with E-state index in [9.17, 15) is 9.59 Å². The molecule has 0 fully saturated rings. The van der Waals surface area contributed by atoms with Crippen molar-refractivity contribution in [2.75, 3.05) is 0 Å². The minimum Gasteiger partial charge on any atom is -0.330 e. The van der Waals surface area contributed by atoms with Crippen molar-refractivity contribution in [1.29, 1.82) is 0 Å². The van der Waals surface area contributed by atoms with Crippen LogP contribution in [0.1, 0.15) is 5.56 Å². The second kappa shape index (κ2) is 5.24. The fourth-order valence-corrected chi connectivity index (χ4v) is 1.06. The monoisotopic (exact) mass is 213 g/mol. The van der Waals surface area contributed by atoms with Crippen molar-refractivity contribution >= 4 is 24.4 Å². The highest BCUT2D eigenvalue weighted by Crippen LogP contribution is 2.04. The molecule has 0 radical (unpaired) electrons. The molecule has 5 heteroatoms. The first-order valence-electron chi connectivity index (χ1n) is 3.86.